The summed E-state index contributed by atoms with van der Waals surface area (Å²) in [5, 5.41) is 3.28. The zero-order chi connectivity index (χ0) is 27.9. The number of nitrogens with one attached hydrogen (secondary N) is 1. The molecule has 6 nitrogen and oxygen atoms in total. The highest BCUT2D eigenvalue weighted by molar-refractivity contribution is 7.92. The Balaban J connectivity index is 1.26. The molecule has 7 rings (SSSR count). The Bertz CT molecular complexity index is 1430. The number of carbonyl (C=O) groups excluding carboxylic acids is 1. The minimum Gasteiger partial charge on any atom is -0.497 e. The quantitative estimate of drug-likeness (QED) is 0.329. The maximum absolute atomic E-state index is 14.1. The molecular formula is C33H38N2O4S. The lowest BCUT2D eigenvalue weighted by molar-refractivity contribution is -0.0688. The number of hydrogen-bond acceptors (Lipinski definition) is 4. The third-order valence-electron chi connectivity index (χ3n) is 9.57. The largest absolute Gasteiger partial charge is 0.497 e. The SMILES string of the molecule is COc1ccc(N(Cc2ccccc2)S(=O)(=O)c2cccc(C(=O)NC(C)C34CC5CC(CC(C5)C3)C4)c2)cc1. The van der Waals surface area contributed by atoms with Gasteiger partial charge in [-0.25, -0.2) is 8.42 Å². The van der Waals surface area contributed by atoms with E-state index in [9.17, 15) is 13.2 Å². The molecule has 0 saturated heterocycles. The Morgan fingerprint density at radius 2 is 1.55 bits per heavy atom. The highest BCUT2D eigenvalue weighted by Gasteiger charge is 2.53. The molecule has 4 fully saturated rings. The molecule has 1 atom stereocenters. The van der Waals surface area contributed by atoms with E-state index < -0.39 is 10.0 Å². The maximum atomic E-state index is 14.1. The van der Waals surface area contributed by atoms with Crippen LogP contribution in [0.25, 0.3) is 0 Å². The lowest BCUT2D eigenvalue weighted by Crippen LogP contribution is -2.55. The van der Waals surface area contributed by atoms with Gasteiger partial charge in [0.25, 0.3) is 15.9 Å². The van der Waals surface area contributed by atoms with Crippen LogP contribution in [0.2, 0.25) is 0 Å². The van der Waals surface area contributed by atoms with Crippen LogP contribution in [0.15, 0.2) is 83.8 Å². The van der Waals surface area contributed by atoms with Crippen LogP contribution in [-0.2, 0) is 16.6 Å². The molecule has 1 N–H and O–H groups in total. The predicted molar refractivity (Wildman–Crippen MR) is 157 cm³/mol. The number of methoxy groups -OCH3 is 1. The molecule has 3 aromatic rings. The number of amides is 1. The second-order valence-corrected chi connectivity index (χ2v) is 14.1. The summed E-state index contributed by atoms with van der Waals surface area (Å²) in [5.74, 6) is 2.83. The Kier molecular flexibility index (Phi) is 7.11. The van der Waals surface area contributed by atoms with E-state index in [4.69, 9.17) is 4.74 Å². The number of benzene rings is 3. The van der Waals surface area contributed by atoms with Crippen LogP contribution in [0.1, 0.15) is 61.4 Å². The van der Waals surface area contributed by atoms with E-state index in [1.54, 1.807) is 49.6 Å². The van der Waals surface area contributed by atoms with Gasteiger partial charge in [0.15, 0.2) is 0 Å². The van der Waals surface area contributed by atoms with Crippen LogP contribution in [0.3, 0.4) is 0 Å². The molecule has 0 aliphatic heterocycles. The molecule has 4 bridgehead atoms. The van der Waals surface area contributed by atoms with Gasteiger partial charge in [0, 0.05) is 11.6 Å². The van der Waals surface area contributed by atoms with Crippen LogP contribution in [0.4, 0.5) is 5.69 Å². The van der Waals surface area contributed by atoms with E-state index >= 15 is 0 Å². The molecule has 0 radical (unpaired) electrons. The monoisotopic (exact) mass is 558 g/mol. The minimum atomic E-state index is -3.98. The van der Waals surface area contributed by atoms with Gasteiger partial charge in [-0.3, -0.25) is 9.10 Å². The van der Waals surface area contributed by atoms with Gasteiger partial charge >= 0.3 is 0 Å². The van der Waals surface area contributed by atoms with Gasteiger partial charge in [0.2, 0.25) is 0 Å². The topological polar surface area (TPSA) is 75.7 Å². The van der Waals surface area contributed by atoms with Crippen molar-refractivity contribution >= 4 is 21.6 Å². The number of hydrogen-bond donors (Lipinski definition) is 1. The van der Waals surface area contributed by atoms with Gasteiger partial charge in [0.05, 0.1) is 24.2 Å². The van der Waals surface area contributed by atoms with Crippen molar-refractivity contribution in [3.05, 3.63) is 90.0 Å². The fourth-order valence-corrected chi connectivity index (χ4v) is 9.38. The highest BCUT2D eigenvalue weighted by atomic mass is 32.2. The van der Waals surface area contributed by atoms with Crippen molar-refractivity contribution in [2.24, 2.45) is 23.2 Å². The second-order valence-electron chi connectivity index (χ2n) is 12.2. The first kappa shape index (κ1) is 26.9. The van der Waals surface area contributed by atoms with Crippen LogP contribution in [-0.4, -0.2) is 27.5 Å². The summed E-state index contributed by atoms with van der Waals surface area (Å²) in [4.78, 5) is 13.6. The van der Waals surface area contributed by atoms with Crippen molar-refractivity contribution in [2.45, 2.75) is 62.9 Å². The Hall–Kier alpha value is -3.32. The van der Waals surface area contributed by atoms with Crippen molar-refractivity contribution in [3.8, 4) is 5.75 Å². The second kappa shape index (κ2) is 10.6. The number of ether oxygens (including phenoxy) is 1. The first-order valence-corrected chi connectivity index (χ1v) is 15.8. The summed E-state index contributed by atoms with van der Waals surface area (Å²) in [5.41, 5.74) is 1.93. The van der Waals surface area contributed by atoms with Crippen LogP contribution >= 0.6 is 0 Å². The fourth-order valence-electron chi connectivity index (χ4n) is 7.88. The molecule has 0 heterocycles. The van der Waals surface area contributed by atoms with E-state index in [0.29, 0.717) is 17.0 Å². The molecule has 4 aliphatic rings. The average Bonchev–Trinajstić information content (AvgIpc) is 2.96. The van der Waals surface area contributed by atoms with E-state index in [1.807, 2.05) is 30.3 Å². The molecular weight excluding hydrogens is 520 g/mol. The minimum absolute atomic E-state index is 0.0579. The summed E-state index contributed by atoms with van der Waals surface area (Å²) in [6, 6.07) is 23.0. The predicted octanol–water partition coefficient (Wildman–Crippen LogP) is 6.43. The average molecular weight is 559 g/mol. The van der Waals surface area contributed by atoms with Crippen molar-refractivity contribution in [3.63, 3.8) is 0 Å². The molecule has 0 spiro atoms. The maximum Gasteiger partial charge on any atom is 0.264 e. The molecule has 1 unspecified atom stereocenters. The number of nitrogens with zero attached hydrogens (tertiary/aromatic N) is 1. The molecule has 7 heteroatoms. The van der Waals surface area contributed by atoms with Crippen molar-refractivity contribution < 1.29 is 17.9 Å². The van der Waals surface area contributed by atoms with Gasteiger partial charge in [-0.1, -0.05) is 36.4 Å². The first-order chi connectivity index (χ1) is 19.3. The van der Waals surface area contributed by atoms with E-state index in [1.165, 1.54) is 48.9 Å². The van der Waals surface area contributed by atoms with Crippen molar-refractivity contribution in [2.75, 3.05) is 11.4 Å². The van der Waals surface area contributed by atoms with Crippen LogP contribution < -0.4 is 14.4 Å². The lowest BCUT2D eigenvalue weighted by atomic mass is 9.48. The highest BCUT2D eigenvalue weighted by Crippen LogP contribution is 2.61. The smallest absolute Gasteiger partial charge is 0.264 e. The summed E-state index contributed by atoms with van der Waals surface area (Å²) in [7, 11) is -2.40. The van der Waals surface area contributed by atoms with Crippen LogP contribution in [0.5, 0.6) is 5.75 Å². The van der Waals surface area contributed by atoms with Gasteiger partial charge in [-0.05, 0) is 117 Å². The number of rotatable bonds is 9. The number of anilines is 1. The zero-order valence-corrected chi connectivity index (χ0v) is 24.1. The summed E-state index contributed by atoms with van der Waals surface area (Å²) in [6.45, 7) is 2.31. The van der Waals surface area contributed by atoms with Gasteiger partial charge < -0.3 is 10.1 Å². The molecule has 4 aliphatic carbocycles. The van der Waals surface area contributed by atoms with E-state index in [0.717, 1.165) is 23.3 Å². The van der Waals surface area contributed by atoms with Gasteiger partial charge in [-0.2, -0.15) is 0 Å². The molecule has 1 amide bonds. The number of carbonyl (C=O) groups is 1. The fraction of sp³-hybridized carbons (Fsp3) is 0.424. The molecule has 3 aromatic carbocycles. The zero-order valence-electron chi connectivity index (χ0n) is 23.3. The Labute approximate surface area is 237 Å². The van der Waals surface area contributed by atoms with E-state index in [2.05, 4.69) is 12.2 Å². The number of sulfonamides is 1. The molecule has 4 saturated carbocycles. The normalized spacial score (nSPS) is 25.8. The van der Waals surface area contributed by atoms with Gasteiger partial charge in [-0.15, -0.1) is 0 Å². The van der Waals surface area contributed by atoms with Gasteiger partial charge in [0.1, 0.15) is 5.75 Å². The summed E-state index contributed by atoms with van der Waals surface area (Å²) < 4.78 is 34.8. The third kappa shape index (κ3) is 5.12. The summed E-state index contributed by atoms with van der Waals surface area (Å²) in [6.07, 6.45) is 7.66. The Morgan fingerprint density at radius 3 is 2.15 bits per heavy atom. The van der Waals surface area contributed by atoms with Crippen molar-refractivity contribution in [1.29, 1.82) is 0 Å². The van der Waals surface area contributed by atoms with E-state index in [-0.39, 0.29) is 28.8 Å². The Morgan fingerprint density at radius 1 is 0.925 bits per heavy atom. The first-order valence-electron chi connectivity index (χ1n) is 14.4. The third-order valence-corrected chi connectivity index (χ3v) is 11.3. The van der Waals surface area contributed by atoms with Crippen molar-refractivity contribution in [1.82, 2.24) is 5.32 Å². The standard InChI is InChI=1S/C33H38N2O4S/c1-23(33-19-25-15-26(20-33)17-27(16-25)21-33)34-32(36)28-9-6-10-31(18-28)40(37,38)35(22-24-7-4-3-5-8-24)29-11-13-30(39-2)14-12-29/h3-14,18,23,25-27H,15-17,19-22H2,1-2H3,(H,34,36). The summed E-state index contributed by atoms with van der Waals surface area (Å²) >= 11 is 0. The molecule has 0 aromatic heterocycles. The molecule has 210 valence electrons. The van der Waals surface area contributed by atoms with Crippen LogP contribution in [0, 0.1) is 23.2 Å². The lowest BCUT2D eigenvalue weighted by Gasteiger charge is -2.59. The molecule has 40 heavy (non-hydrogen) atoms.